The second-order valence-electron chi connectivity index (χ2n) is 6.98. The van der Waals surface area contributed by atoms with Crippen molar-refractivity contribution in [2.75, 3.05) is 13.1 Å². The lowest BCUT2D eigenvalue weighted by Gasteiger charge is -2.28. The average Bonchev–Trinajstić information content (AvgIpc) is 3.00. The van der Waals surface area contributed by atoms with E-state index in [9.17, 15) is 9.59 Å². The highest BCUT2D eigenvalue weighted by Crippen LogP contribution is 2.31. The summed E-state index contributed by atoms with van der Waals surface area (Å²) in [7, 11) is 0. The number of nitrogens with one attached hydrogen (secondary N) is 1. The van der Waals surface area contributed by atoms with Gasteiger partial charge in [-0.3, -0.25) is 4.79 Å². The summed E-state index contributed by atoms with van der Waals surface area (Å²) in [6, 6.07) is 0. The first kappa shape index (κ1) is 14.2. The van der Waals surface area contributed by atoms with Crippen LogP contribution in [0.4, 0.5) is 4.79 Å². The van der Waals surface area contributed by atoms with Crippen LogP contribution in [0.2, 0.25) is 0 Å². The third kappa shape index (κ3) is 3.85. The van der Waals surface area contributed by atoms with Crippen molar-refractivity contribution in [3.05, 3.63) is 0 Å². The maximum absolute atomic E-state index is 12.0. The first-order valence-electron chi connectivity index (χ1n) is 6.98. The molecule has 5 nitrogen and oxygen atoms in total. The number of likely N-dealkylation sites (tertiary alicyclic amines) is 1. The summed E-state index contributed by atoms with van der Waals surface area (Å²) in [6.45, 7) is 8.73. The fraction of sp³-hybridized carbons (Fsp3) is 0.857. The predicted molar refractivity (Wildman–Crippen MR) is 71.7 cm³/mol. The Morgan fingerprint density at radius 2 is 1.95 bits per heavy atom. The van der Waals surface area contributed by atoms with Gasteiger partial charge in [0.2, 0.25) is 5.91 Å². The number of amides is 2. The number of hydrogen-bond acceptors (Lipinski definition) is 3. The lowest BCUT2D eigenvalue weighted by atomic mass is 10.0. The molecule has 0 spiro atoms. The molecule has 5 heteroatoms. The highest BCUT2D eigenvalue weighted by Gasteiger charge is 2.41. The Morgan fingerprint density at radius 1 is 1.32 bits per heavy atom. The summed E-state index contributed by atoms with van der Waals surface area (Å²) in [5, 5.41) is 3.08. The molecule has 0 radical (unpaired) electrons. The molecule has 19 heavy (non-hydrogen) atoms. The van der Waals surface area contributed by atoms with E-state index in [1.54, 1.807) is 4.90 Å². The molecule has 1 aliphatic carbocycles. The summed E-state index contributed by atoms with van der Waals surface area (Å²) < 4.78 is 5.35. The van der Waals surface area contributed by atoms with E-state index in [2.05, 4.69) is 5.32 Å². The molecule has 0 bridgehead atoms. The standard InChI is InChI=1S/C14H24N2O3/c1-13(2,3)19-12(18)16-8-7-14(4,9-16)15-11(17)10-5-6-10/h10H,5-9H2,1-4H3,(H,15,17). The Morgan fingerprint density at radius 3 is 2.47 bits per heavy atom. The lowest BCUT2D eigenvalue weighted by molar-refractivity contribution is -0.124. The quantitative estimate of drug-likeness (QED) is 0.832. The Balaban J connectivity index is 1.87. The van der Waals surface area contributed by atoms with Crippen LogP contribution in [0.3, 0.4) is 0 Å². The summed E-state index contributed by atoms with van der Waals surface area (Å²) in [5.41, 5.74) is -0.788. The molecule has 0 aromatic carbocycles. The minimum absolute atomic E-state index is 0.133. The van der Waals surface area contributed by atoms with Crippen LogP contribution in [-0.2, 0) is 9.53 Å². The van der Waals surface area contributed by atoms with Gasteiger partial charge in [-0.05, 0) is 47.0 Å². The third-order valence-electron chi connectivity index (χ3n) is 3.50. The van der Waals surface area contributed by atoms with Crippen LogP contribution in [0.25, 0.3) is 0 Å². The van der Waals surface area contributed by atoms with Crippen LogP contribution in [0, 0.1) is 5.92 Å². The number of carbonyl (C=O) groups is 2. The molecule has 0 aromatic heterocycles. The largest absolute Gasteiger partial charge is 0.444 e. The molecule has 1 unspecified atom stereocenters. The van der Waals surface area contributed by atoms with E-state index < -0.39 is 5.60 Å². The van der Waals surface area contributed by atoms with Gasteiger partial charge < -0.3 is 15.0 Å². The van der Waals surface area contributed by atoms with Gasteiger partial charge in [-0.1, -0.05) is 0 Å². The van der Waals surface area contributed by atoms with Crippen molar-refractivity contribution in [2.45, 2.75) is 58.1 Å². The van der Waals surface area contributed by atoms with E-state index in [-0.39, 0.29) is 23.5 Å². The summed E-state index contributed by atoms with van der Waals surface area (Å²) in [6.07, 6.45) is 2.48. The van der Waals surface area contributed by atoms with Gasteiger partial charge >= 0.3 is 6.09 Å². The Bertz CT molecular complexity index is 385. The van der Waals surface area contributed by atoms with Crippen molar-refractivity contribution < 1.29 is 14.3 Å². The second-order valence-corrected chi connectivity index (χ2v) is 6.98. The maximum Gasteiger partial charge on any atom is 0.410 e. The smallest absolute Gasteiger partial charge is 0.410 e. The predicted octanol–water partition coefficient (Wildman–Crippen LogP) is 1.91. The minimum Gasteiger partial charge on any atom is -0.444 e. The molecule has 2 amide bonds. The van der Waals surface area contributed by atoms with Crippen molar-refractivity contribution in [1.29, 1.82) is 0 Å². The van der Waals surface area contributed by atoms with Gasteiger partial charge in [0.25, 0.3) is 0 Å². The third-order valence-corrected chi connectivity index (χ3v) is 3.50. The van der Waals surface area contributed by atoms with E-state index in [0.29, 0.717) is 13.1 Å². The summed E-state index contributed by atoms with van der Waals surface area (Å²) in [4.78, 5) is 25.5. The van der Waals surface area contributed by atoms with Crippen molar-refractivity contribution in [2.24, 2.45) is 5.92 Å². The monoisotopic (exact) mass is 268 g/mol. The highest BCUT2D eigenvalue weighted by molar-refractivity contribution is 5.81. The topological polar surface area (TPSA) is 58.6 Å². The Kier molecular flexibility index (Phi) is 3.49. The summed E-state index contributed by atoms with van der Waals surface area (Å²) >= 11 is 0. The zero-order chi connectivity index (χ0) is 14.3. The minimum atomic E-state index is -0.479. The van der Waals surface area contributed by atoms with E-state index in [4.69, 9.17) is 4.74 Å². The van der Waals surface area contributed by atoms with Gasteiger partial charge in [0.15, 0.2) is 0 Å². The van der Waals surface area contributed by atoms with E-state index in [1.807, 2.05) is 27.7 Å². The first-order valence-corrected chi connectivity index (χ1v) is 6.98. The molecule has 0 aromatic rings. The fourth-order valence-electron chi connectivity index (χ4n) is 2.29. The molecule has 1 heterocycles. The maximum atomic E-state index is 12.0. The number of ether oxygens (including phenoxy) is 1. The molecular weight excluding hydrogens is 244 g/mol. The van der Waals surface area contributed by atoms with E-state index in [0.717, 1.165) is 19.3 Å². The van der Waals surface area contributed by atoms with Crippen molar-refractivity contribution in [3.8, 4) is 0 Å². The highest BCUT2D eigenvalue weighted by atomic mass is 16.6. The van der Waals surface area contributed by atoms with E-state index >= 15 is 0 Å². The summed E-state index contributed by atoms with van der Waals surface area (Å²) in [5.74, 6) is 0.334. The van der Waals surface area contributed by atoms with Crippen LogP contribution in [0.1, 0.15) is 47.0 Å². The van der Waals surface area contributed by atoms with Crippen LogP contribution in [0.15, 0.2) is 0 Å². The molecule has 1 saturated carbocycles. The lowest BCUT2D eigenvalue weighted by Crippen LogP contribution is -2.49. The molecule has 1 saturated heterocycles. The van der Waals surface area contributed by atoms with Crippen LogP contribution in [-0.4, -0.2) is 41.1 Å². The average molecular weight is 268 g/mol. The molecule has 1 atom stereocenters. The Hall–Kier alpha value is -1.26. The Labute approximate surface area is 114 Å². The number of hydrogen-bond donors (Lipinski definition) is 1. The van der Waals surface area contributed by atoms with Gasteiger partial charge in [0.1, 0.15) is 5.60 Å². The second kappa shape index (κ2) is 4.69. The van der Waals surface area contributed by atoms with Crippen molar-refractivity contribution >= 4 is 12.0 Å². The van der Waals surface area contributed by atoms with Gasteiger partial charge in [-0.2, -0.15) is 0 Å². The van der Waals surface area contributed by atoms with Crippen molar-refractivity contribution in [1.82, 2.24) is 10.2 Å². The number of carbonyl (C=O) groups excluding carboxylic acids is 2. The normalized spacial score (nSPS) is 27.3. The van der Waals surface area contributed by atoms with Crippen LogP contribution in [0.5, 0.6) is 0 Å². The molecule has 2 aliphatic rings. The number of rotatable bonds is 2. The van der Waals surface area contributed by atoms with Gasteiger partial charge in [-0.25, -0.2) is 4.79 Å². The zero-order valence-electron chi connectivity index (χ0n) is 12.3. The first-order chi connectivity index (χ1) is 8.69. The van der Waals surface area contributed by atoms with Crippen LogP contribution >= 0.6 is 0 Å². The van der Waals surface area contributed by atoms with Crippen molar-refractivity contribution in [3.63, 3.8) is 0 Å². The molecular formula is C14H24N2O3. The van der Waals surface area contributed by atoms with Gasteiger partial charge in [-0.15, -0.1) is 0 Å². The SMILES string of the molecule is CC1(NC(=O)C2CC2)CCN(C(=O)OC(C)(C)C)C1. The van der Waals surface area contributed by atoms with E-state index in [1.165, 1.54) is 0 Å². The molecule has 2 rings (SSSR count). The number of nitrogens with zero attached hydrogens (tertiary/aromatic N) is 1. The van der Waals surface area contributed by atoms with Crippen LogP contribution < -0.4 is 5.32 Å². The molecule has 1 aliphatic heterocycles. The molecule has 108 valence electrons. The molecule has 1 N–H and O–H groups in total. The zero-order valence-corrected chi connectivity index (χ0v) is 12.3. The van der Waals surface area contributed by atoms with Gasteiger partial charge in [0, 0.05) is 19.0 Å². The van der Waals surface area contributed by atoms with Gasteiger partial charge in [0.05, 0.1) is 5.54 Å². The fourth-order valence-corrected chi connectivity index (χ4v) is 2.29. The molecule has 2 fully saturated rings.